The fourth-order valence-electron chi connectivity index (χ4n) is 3.69. The molecule has 0 saturated carbocycles. The van der Waals surface area contributed by atoms with Crippen LogP contribution in [0.5, 0.6) is 0 Å². The molecule has 0 amide bonds. The van der Waals surface area contributed by atoms with E-state index >= 15 is 0 Å². The number of para-hydroxylation sites is 1. The van der Waals surface area contributed by atoms with Crippen LogP contribution in [0.1, 0.15) is 27.9 Å². The third-order valence-corrected chi connectivity index (χ3v) is 6.43. The first-order chi connectivity index (χ1) is 15.4. The topological polar surface area (TPSA) is 92.4 Å². The van der Waals surface area contributed by atoms with Crippen LogP contribution >= 0.6 is 11.8 Å². The minimum absolute atomic E-state index is 0.0784. The van der Waals surface area contributed by atoms with E-state index in [1.54, 1.807) is 0 Å². The molecule has 2 atom stereocenters. The number of aryl methyl sites for hydroxylation is 1. The third-order valence-electron chi connectivity index (χ3n) is 5.45. The molecule has 166 valence electrons. The van der Waals surface area contributed by atoms with Crippen molar-refractivity contribution in [1.82, 2.24) is 0 Å². The number of hydrogen-bond donors (Lipinski definition) is 3. The Morgan fingerprint density at radius 2 is 1.69 bits per heavy atom. The number of rotatable bonds is 10. The van der Waals surface area contributed by atoms with Crippen LogP contribution in [-0.4, -0.2) is 34.4 Å². The summed E-state index contributed by atoms with van der Waals surface area (Å²) in [7, 11) is 0. The van der Waals surface area contributed by atoms with E-state index in [9.17, 15) is 14.7 Å². The Hall–Kier alpha value is -3.09. The number of carbonyl (C=O) groups is 2. The van der Waals surface area contributed by atoms with E-state index in [2.05, 4.69) is 5.32 Å². The predicted octanol–water partition coefficient (Wildman–Crippen LogP) is 4.99. The molecular formula is C26H28N2O3S. The SMILES string of the molecule is CSC(CC(N)C(=O)O)C(=O)c1cccc(CNc2ccccc2)c1-c1ccccc1C. The standard InChI is InChI=1S/C26H28N2O3S/c1-17-9-6-7-13-20(17)24-18(16-28-19-11-4-3-5-12-19)10-8-14-21(24)25(29)23(32-2)15-22(27)26(30)31/h3-14,22-23,28H,15-16,27H2,1-2H3,(H,30,31). The van der Waals surface area contributed by atoms with E-state index in [4.69, 9.17) is 5.73 Å². The Morgan fingerprint density at radius 1 is 1.00 bits per heavy atom. The van der Waals surface area contributed by atoms with Crippen molar-refractivity contribution in [3.63, 3.8) is 0 Å². The van der Waals surface area contributed by atoms with Gasteiger partial charge in [-0.05, 0) is 54.0 Å². The average molecular weight is 449 g/mol. The maximum absolute atomic E-state index is 13.6. The Kier molecular flexibility index (Phi) is 8.09. The summed E-state index contributed by atoms with van der Waals surface area (Å²) in [5.41, 5.74) is 11.3. The van der Waals surface area contributed by atoms with E-state index in [0.29, 0.717) is 12.1 Å². The molecular weight excluding hydrogens is 420 g/mol. The lowest BCUT2D eigenvalue weighted by atomic mass is 9.88. The van der Waals surface area contributed by atoms with Gasteiger partial charge in [0.05, 0.1) is 5.25 Å². The molecule has 3 rings (SSSR count). The number of anilines is 1. The van der Waals surface area contributed by atoms with E-state index in [1.165, 1.54) is 11.8 Å². The summed E-state index contributed by atoms with van der Waals surface area (Å²) in [6.07, 6.45) is 1.89. The zero-order valence-electron chi connectivity index (χ0n) is 18.2. The van der Waals surface area contributed by atoms with Gasteiger partial charge in [-0.2, -0.15) is 11.8 Å². The molecule has 3 aromatic rings. The highest BCUT2D eigenvalue weighted by Crippen LogP contribution is 2.33. The van der Waals surface area contributed by atoms with Crippen molar-refractivity contribution >= 4 is 29.2 Å². The summed E-state index contributed by atoms with van der Waals surface area (Å²) in [5, 5.41) is 12.1. The van der Waals surface area contributed by atoms with Gasteiger partial charge >= 0.3 is 5.97 Å². The van der Waals surface area contributed by atoms with Gasteiger partial charge in [0.1, 0.15) is 6.04 Å². The Labute approximate surface area is 193 Å². The second-order valence-corrected chi connectivity index (χ2v) is 8.68. The van der Waals surface area contributed by atoms with Crippen LogP contribution in [-0.2, 0) is 11.3 Å². The Morgan fingerprint density at radius 3 is 2.34 bits per heavy atom. The molecule has 0 aliphatic rings. The molecule has 0 bridgehead atoms. The minimum atomic E-state index is -1.10. The predicted molar refractivity (Wildman–Crippen MR) is 132 cm³/mol. The van der Waals surface area contributed by atoms with Crippen LogP contribution in [0.4, 0.5) is 5.69 Å². The van der Waals surface area contributed by atoms with Gasteiger partial charge in [-0.25, -0.2) is 0 Å². The molecule has 0 saturated heterocycles. The van der Waals surface area contributed by atoms with Crippen LogP contribution in [0.25, 0.3) is 11.1 Å². The molecule has 5 nitrogen and oxygen atoms in total. The number of hydrogen-bond acceptors (Lipinski definition) is 5. The zero-order valence-corrected chi connectivity index (χ0v) is 19.1. The van der Waals surface area contributed by atoms with Crippen molar-refractivity contribution in [1.29, 1.82) is 0 Å². The number of carbonyl (C=O) groups excluding carboxylic acids is 1. The lowest BCUT2D eigenvalue weighted by Gasteiger charge is -2.21. The van der Waals surface area contributed by atoms with Crippen LogP contribution < -0.4 is 11.1 Å². The van der Waals surface area contributed by atoms with Crippen LogP contribution in [0.3, 0.4) is 0 Å². The molecule has 0 spiro atoms. The fourth-order valence-corrected chi connectivity index (χ4v) is 4.43. The third kappa shape index (κ3) is 5.58. The zero-order chi connectivity index (χ0) is 23.1. The number of ketones is 1. The molecule has 0 aromatic heterocycles. The van der Waals surface area contributed by atoms with Gasteiger partial charge in [-0.1, -0.05) is 60.7 Å². The largest absolute Gasteiger partial charge is 0.480 e. The first-order valence-electron chi connectivity index (χ1n) is 10.4. The normalized spacial score (nSPS) is 12.7. The number of nitrogens with one attached hydrogen (secondary N) is 1. The molecule has 0 heterocycles. The molecule has 0 fully saturated rings. The maximum atomic E-state index is 13.6. The van der Waals surface area contributed by atoms with Gasteiger partial charge in [0.2, 0.25) is 0 Å². The second kappa shape index (κ2) is 11.0. The van der Waals surface area contributed by atoms with Gasteiger partial charge in [0.15, 0.2) is 5.78 Å². The highest BCUT2D eigenvalue weighted by atomic mass is 32.2. The van der Waals surface area contributed by atoms with Crippen LogP contribution in [0.15, 0.2) is 72.8 Å². The number of benzene rings is 3. The van der Waals surface area contributed by atoms with Gasteiger partial charge < -0.3 is 16.2 Å². The van der Waals surface area contributed by atoms with Gasteiger partial charge in [-0.15, -0.1) is 0 Å². The van der Waals surface area contributed by atoms with Crippen LogP contribution in [0, 0.1) is 6.92 Å². The maximum Gasteiger partial charge on any atom is 0.320 e. The quantitative estimate of drug-likeness (QED) is 0.379. The molecule has 32 heavy (non-hydrogen) atoms. The number of carboxylic acids is 1. The Balaban J connectivity index is 2.04. The lowest BCUT2D eigenvalue weighted by Crippen LogP contribution is -2.35. The highest BCUT2D eigenvalue weighted by Gasteiger charge is 2.27. The molecule has 0 aliphatic carbocycles. The smallest absolute Gasteiger partial charge is 0.320 e. The molecule has 4 N–H and O–H groups in total. The summed E-state index contributed by atoms with van der Waals surface area (Å²) >= 11 is 1.33. The lowest BCUT2D eigenvalue weighted by molar-refractivity contribution is -0.138. The Bertz CT molecular complexity index is 1090. The minimum Gasteiger partial charge on any atom is -0.480 e. The van der Waals surface area contributed by atoms with E-state index in [0.717, 1.165) is 27.9 Å². The fraction of sp³-hybridized carbons (Fsp3) is 0.231. The van der Waals surface area contributed by atoms with E-state index in [1.807, 2.05) is 86.0 Å². The summed E-state index contributed by atoms with van der Waals surface area (Å²) in [4.78, 5) is 24.8. The molecule has 6 heteroatoms. The first-order valence-corrected chi connectivity index (χ1v) is 11.7. The van der Waals surface area contributed by atoms with Crippen molar-refractivity contribution in [3.05, 3.63) is 89.5 Å². The van der Waals surface area contributed by atoms with E-state index < -0.39 is 17.3 Å². The van der Waals surface area contributed by atoms with E-state index in [-0.39, 0.29) is 12.2 Å². The summed E-state index contributed by atoms with van der Waals surface area (Å²) in [6, 6.07) is 22.5. The first kappa shape index (κ1) is 23.6. The van der Waals surface area contributed by atoms with Crippen molar-refractivity contribution < 1.29 is 14.7 Å². The molecule has 3 aromatic carbocycles. The number of Topliss-reactive ketones (excluding diaryl/α,β-unsaturated/α-hetero) is 1. The summed E-state index contributed by atoms with van der Waals surface area (Å²) < 4.78 is 0. The van der Waals surface area contributed by atoms with Crippen LogP contribution in [0.2, 0.25) is 0 Å². The van der Waals surface area contributed by atoms with Crippen molar-refractivity contribution in [3.8, 4) is 11.1 Å². The molecule has 2 unspecified atom stereocenters. The summed E-state index contributed by atoms with van der Waals surface area (Å²) in [6.45, 7) is 2.57. The number of nitrogens with two attached hydrogens (primary N) is 1. The summed E-state index contributed by atoms with van der Waals surface area (Å²) in [5.74, 6) is -1.20. The average Bonchev–Trinajstić information content (AvgIpc) is 2.81. The highest BCUT2D eigenvalue weighted by molar-refractivity contribution is 7.99. The molecule has 0 radical (unpaired) electrons. The van der Waals surface area contributed by atoms with Gasteiger partial charge in [-0.3, -0.25) is 9.59 Å². The number of carboxylic acid groups (broad SMARTS) is 1. The van der Waals surface area contributed by atoms with Gasteiger partial charge in [0.25, 0.3) is 0 Å². The van der Waals surface area contributed by atoms with Crippen molar-refractivity contribution in [2.45, 2.75) is 31.2 Å². The monoisotopic (exact) mass is 448 g/mol. The van der Waals surface area contributed by atoms with Crippen molar-refractivity contribution in [2.75, 3.05) is 11.6 Å². The number of thioether (sulfide) groups is 1. The van der Waals surface area contributed by atoms with Crippen molar-refractivity contribution in [2.24, 2.45) is 5.73 Å². The molecule has 0 aliphatic heterocycles. The number of aliphatic carboxylic acids is 1. The van der Waals surface area contributed by atoms with Gasteiger partial charge in [0, 0.05) is 17.8 Å². The second-order valence-electron chi connectivity index (χ2n) is 7.64.